The average Bonchev–Trinajstić information content (AvgIpc) is 2.91. The van der Waals surface area contributed by atoms with Crippen molar-refractivity contribution in [1.82, 2.24) is 20.7 Å². The number of carbonyl (C=O) groups excluding carboxylic acids is 3. The topological polar surface area (TPSA) is 91.0 Å². The van der Waals surface area contributed by atoms with Crippen LogP contribution in [0, 0.1) is 0 Å². The molecule has 2 aliphatic rings. The third-order valence-corrected chi connectivity index (χ3v) is 5.46. The van der Waals surface area contributed by atoms with Gasteiger partial charge in [-0.15, -0.1) is 13.2 Å². The van der Waals surface area contributed by atoms with Crippen molar-refractivity contribution in [1.29, 1.82) is 0 Å². The minimum absolute atomic E-state index is 0.0527. The van der Waals surface area contributed by atoms with E-state index in [0.29, 0.717) is 18.4 Å². The number of halogens is 3. The number of alkyl halides is 3. The number of urea groups is 1. The number of nitrogens with one attached hydrogen (secondary N) is 2. The normalized spacial score (nSPS) is 18.4. The second-order valence-corrected chi connectivity index (χ2v) is 7.89. The Morgan fingerprint density at radius 1 is 1.23 bits per heavy atom. The van der Waals surface area contributed by atoms with E-state index in [1.54, 1.807) is 18.0 Å². The van der Waals surface area contributed by atoms with Crippen molar-refractivity contribution in [2.24, 2.45) is 0 Å². The number of amides is 4. The van der Waals surface area contributed by atoms with Crippen LogP contribution in [0.1, 0.15) is 44.1 Å². The predicted molar refractivity (Wildman–Crippen MR) is 103 cm³/mol. The van der Waals surface area contributed by atoms with E-state index in [-0.39, 0.29) is 25.3 Å². The Morgan fingerprint density at radius 3 is 2.58 bits per heavy atom. The lowest BCUT2D eigenvalue weighted by Gasteiger charge is -2.30. The maximum atomic E-state index is 12.7. The van der Waals surface area contributed by atoms with Gasteiger partial charge in [0.2, 0.25) is 5.91 Å². The molecule has 1 spiro atoms. The monoisotopic (exact) mass is 442 g/mol. The van der Waals surface area contributed by atoms with Crippen LogP contribution in [0.5, 0.6) is 5.75 Å². The minimum Gasteiger partial charge on any atom is -0.405 e. The lowest BCUT2D eigenvalue weighted by atomic mass is 9.82. The second-order valence-electron chi connectivity index (χ2n) is 7.89. The van der Waals surface area contributed by atoms with Gasteiger partial charge < -0.3 is 15.0 Å². The third-order valence-electron chi connectivity index (χ3n) is 5.46. The molecule has 0 atom stereocenters. The van der Waals surface area contributed by atoms with Crippen molar-refractivity contribution in [3.8, 4) is 5.75 Å². The van der Waals surface area contributed by atoms with Gasteiger partial charge in [-0.2, -0.15) is 5.01 Å². The molecule has 4 amide bonds. The number of rotatable bonds is 7. The highest BCUT2D eigenvalue weighted by atomic mass is 19.4. The number of para-hydroxylation sites is 1. The largest absolute Gasteiger partial charge is 0.573 e. The number of hydrogen-bond acceptors (Lipinski definition) is 5. The summed E-state index contributed by atoms with van der Waals surface area (Å²) in [6.07, 6.45) is -1.09. The fourth-order valence-corrected chi connectivity index (χ4v) is 3.92. The molecule has 1 aromatic rings. The molecule has 8 nitrogen and oxygen atoms in total. The fraction of sp³-hybridized carbons (Fsp3) is 0.550. The quantitative estimate of drug-likeness (QED) is 0.634. The van der Waals surface area contributed by atoms with E-state index in [4.69, 9.17) is 0 Å². The van der Waals surface area contributed by atoms with Gasteiger partial charge in [0, 0.05) is 25.1 Å². The number of imide groups is 1. The van der Waals surface area contributed by atoms with Gasteiger partial charge in [-0.25, -0.2) is 4.79 Å². The van der Waals surface area contributed by atoms with Crippen LogP contribution in [0.3, 0.4) is 0 Å². The Bertz CT molecular complexity index is 840. The summed E-state index contributed by atoms with van der Waals surface area (Å²) in [6.45, 7) is 0.312. The third kappa shape index (κ3) is 5.66. The van der Waals surface area contributed by atoms with Crippen molar-refractivity contribution in [2.75, 3.05) is 13.6 Å². The summed E-state index contributed by atoms with van der Waals surface area (Å²) in [5.41, 5.74) is 1.73. The molecule has 1 aliphatic carbocycles. The molecule has 3 rings (SSSR count). The molecule has 1 aromatic carbocycles. The van der Waals surface area contributed by atoms with Crippen LogP contribution < -0.4 is 15.5 Å². The summed E-state index contributed by atoms with van der Waals surface area (Å²) in [6, 6.07) is 5.12. The van der Waals surface area contributed by atoms with Crippen molar-refractivity contribution < 1.29 is 32.3 Å². The van der Waals surface area contributed by atoms with Crippen molar-refractivity contribution in [3.05, 3.63) is 29.8 Å². The standard InChI is InChI=1S/C20H25F3N4O4/c1-26(13-14-7-3-4-8-15(14)31-20(21,22)23)12-9-16(28)25-27-17(29)19(24-18(27)30)10-5-2-6-11-19/h3-4,7-8H,2,5-6,9-13H2,1H3,(H,24,30)(H,25,28). The van der Waals surface area contributed by atoms with Crippen LogP contribution >= 0.6 is 0 Å². The van der Waals surface area contributed by atoms with Crippen LogP contribution in [-0.4, -0.2) is 53.2 Å². The van der Waals surface area contributed by atoms with Crippen LogP contribution in [0.15, 0.2) is 24.3 Å². The number of benzene rings is 1. The number of hydrogen-bond donors (Lipinski definition) is 2. The van der Waals surface area contributed by atoms with Crippen LogP contribution in [0.25, 0.3) is 0 Å². The number of nitrogens with zero attached hydrogens (tertiary/aromatic N) is 2. The highest BCUT2D eigenvalue weighted by molar-refractivity contribution is 6.08. The summed E-state index contributed by atoms with van der Waals surface area (Å²) in [7, 11) is 1.64. The number of hydrazine groups is 1. The first kappa shape index (κ1) is 22.9. The summed E-state index contributed by atoms with van der Waals surface area (Å²) in [5, 5.41) is 3.44. The minimum atomic E-state index is -4.80. The average molecular weight is 442 g/mol. The molecule has 1 saturated heterocycles. The van der Waals surface area contributed by atoms with Gasteiger partial charge in [-0.3, -0.25) is 15.0 Å². The zero-order valence-corrected chi connectivity index (χ0v) is 17.1. The maximum absolute atomic E-state index is 12.7. The van der Waals surface area contributed by atoms with Crippen molar-refractivity contribution in [2.45, 2.75) is 57.0 Å². The SMILES string of the molecule is CN(CCC(=O)NN1C(=O)NC2(CCCCC2)C1=O)Cc1ccccc1OC(F)(F)F. The summed E-state index contributed by atoms with van der Waals surface area (Å²) >= 11 is 0. The summed E-state index contributed by atoms with van der Waals surface area (Å²) in [4.78, 5) is 38.8. The van der Waals surface area contributed by atoms with Gasteiger partial charge in [0.25, 0.3) is 5.91 Å². The molecule has 1 aliphatic heterocycles. The van der Waals surface area contributed by atoms with E-state index < -0.39 is 29.7 Å². The second kappa shape index (κ2) is 9.13. The molecular weight excluding hydrogens is 417 g/mol. The Kier molecular flexibility index (Phi) is 6.73. The molecule has 2 fully saturated rings. The zero-order valence-electron chi connectivity index (χ0n) is 17.1. The van der Waals surface area contributed by atoms with E-state index >= 15 is 0 Å². The van der Waals surface area contributed by atoms with Gasteiger partial charge >= 0.3 is 12.4 Å². The van der Waals surface area contributed by atoms with E-state index in [9.17, 15) is 27.6 Å². The van der Waals surface area contributed by atoms with Gasteiger partial charge in [0.05, 0.1) is 0 Å². The lowest BCUT2D eigenvalue weighted by molar-refractivity contribution is -0.275. The summed E-state index contributed by atoms with van der Waals surface area (Å²) in [5.74, 6) is -1.29. The molecule has 1 heterocycles. The lowest BCUT2D eigenvalue weighted by Crippen LogP contribution is -2.51. The Morgan fingerprint density at radius 2 is 1.90 bits per heavy atom. The first-order valence-electron chi connectivity index (χ1n) is 10.1. The number of carbonyl (C=O) groups is 3. The molecular formula is C20H25F3N4O4. The zero-order chi connectivity index (χ0) is 22.6. The predicted octanol–water partition coefficient (Wildman–Crippen LogP) is 2.69. The Labute approximate surface area is 177 Å². The van der Waals surface area contributed by atoms with E-state index in [0.717, 1.165) is 24.3 Å². The molecule has 0 aromatic heterocycles. The van der Waals surface area contributed by atoms with Gasteiger partial charge in [0.15, 0.2) is 0 Å². The molecule has 1 saturated carbocycles. The molecule has 0 unspecified atom stereocenters. The molecule has 31 heavy (non-hydrogen) atoms. The van der Waals surface area contributed by atoms with Gasteiger partial charge in [-0.05, 0) is 26.0 Å². The fourth-order valence-electron chi connectivity index (χ4n) is 3.92. The highest BCUT2D eigenvalue weighted by Crippen LogP contribution is 2.33. The van der Waals surface area contributed by atoms with Gasteiger partial charge in [-0.1, -0.05) is 37.5 Å². The Balaban J connectivity index is 1.51. The first-order chi connectivity index (χ1) is 14.6. The summed E-state index contributed by atoms with van der Waals surface area (Å²) < 4.78 is 41.7. The Hall–Kier alpha value is -2.82. The molecule has 0 bridgehead atoms. The van der Waals surface area contributed by atoms with E-state index in [1.165, 1.54) is 18.2 Å². The maximum Gasteiger partial charge on any atom is 0.573 e. The van der Waals surface area contributed by atoms with Gasteiger partial charge in [0.1, 0.15) is 11.3 Å². The van der Waals surface area contributed by atoms with Crippen LogP contribution in [-0.2, 0) is 16.1 Å². The van der Waals surface area contributed by atoms with Crippen LogP contribution in [0.2, 0.25) is 0 Å². The molecule has 11 heteroatoms. The van der Waals surface area contributed by atoms with Crippen molar-refractivity contribution >= 4 is 17.8 Å². The molecule has 170 valence electrons. The smallest absolute Gasteiger partial charge is 0.405 e. The molecule has 0 radical (unpaired) electrons. The van der Waals surface area contributed by atoms with E-state index in [1.807, 2.05) is 0 Å². The number of ether oxygens (including phenoxy) is 1. The van der Waals surface area contributed by atoms with E-state index in [2.05, 4.69) is 15.5 Å². The molecule has 2 N–H and O–H groups in total. The first-order valence-corrected chi connectivity index (χ1v) is 10.1. The van der Waals surface area contributed by atoms with Crippen molar-refractivity contribution in [3.63, 3.8) is 0 Å². The highest BCUT2D eigenvalue weighted by Gasteiger charge is 2.52. The van der Waals surface area contributed by atoms with Crippen LogP contribution in [0.4, 0.5) is 18.0 Å².